The molecule has 0 atom stereocenters. The first-order valence-corrected chi connectivity index (χ1v) is 11.7. The van der Waals surface area contributed by atoms with Gasteiger partial charge >= 0.3 is 0 Å². The summed E-state index contributed by atoms with van der Waals surface area (Å²) >= 11 is 0. The first kappa shape index (κ1) is 25.3. The number of nitrogens with zero attached hydrogens (tertiary/aromatic N) is 3. The van der Waals surface area contributed by atoms with Crippen LogP contribution in [0.15, 0.2) is 84.0 Å². The Morgan fingerprint density at radius 3 is 2.32 bits per heavy atom. The molecule has 0 aliphatic rings. The van der Waals surface area contributed by atoms with E-state index < -0.39 is 5.91 Å². The molecule has 9 heteroatoms. The summed E-state index contributed by atoms with van der Waals surface area (Å²) in [5.41, 5.74) is 4.59. The fraction of sp³-hybridized carbons (Fsp3) is 0.179. The minimum Gasteiger partial charge on any atom is -0.494 e. The van der Waals surface area contributed by atoms with E-state index in [9.17, 15) is 4.79 Å². The van der Waals surface area contributed by atoms with E-state index in [1.165, 1.54) is 13.3 Å². The molecule has 4 aromatic rings. The quantitative estimate of drug-likeness (QED) is 0.232. The molecule has 0 saturated heterocycles. The lowest BCUT2D eigenvalue weighted by Crippen LogP contribution is -2.24. The Morgan fingerprint density at radius 1 is 0.946 bits per heavy atom. The lowest BCUT2D eigenvalue weighted by Gasteiger charge is -2.11. The summed E-state index contributed by atoms with van der Waals surface area (Å²) in [5, 5.41) is 8.76. The van der Waals surface area contributed by atoms with Crippen LogP contribution >= 0.6 is 0 Å². The van der Waals surface area contributed by atoms with E-state index in [-0.39, 0.29) is 6.61 Å². The number of hydrazone groups is 1. The van der Waals surface area contributed by atoms with Crippen molar-refractivity contribution in [3.8, 4) is 34.6 Å². The summed E-state index contributed by atoms with van der Waals surface area (Å²) in [7, 11) is 1.54. The highest BCUT2D eigenvalue weighted by molar-refractivity contribution is 5.86. The van der Waals surface area contributed by atoms with Gasteiger partial charge in [0.05, 0.1) is 36.9 Å². The van der Waals surface area contributed by atoms with Gasteiger partial charge in [-0.15, -0.1) is 0 Å². The summed E-state index contributed by atoms with van der Waals surface area (Å²) in [6.45, 7) is 4.13. The van der Waals surface area contributed by atoms with Crippen LogP contribution in [0.2, 0.25) is 0 Å². The highest BCUT2D eigenvalue weighted by atomic mass is 16.5. The normalized spacial score (nSPS) is 10.8. The fourth-order valence-corrected chi connectivity index (χ4v) is 3.47. The van der Waals surface area contributed by atoms with Crippen LogP contribution in [0.3, 0.4) is 0 Å². The van der Waals surface area contributed by atoms with Crippen molar-refractivity contribution in [2.75, 3.05) is 20.3 Å². The molecule has 0 aliphatic heterocycles. The molecule has 1 N–H and O–H groups in total. The number of aryl methyl sites for hydroxylation is 1. The van der Waals surface area contributed by atoms with Gasteiger partial charge in [-0.1, -0.05) is 30.3 Å². The number of carbonyl (C=O) groups excluding carboxylic acids is 1. The van der Waals surface area contributed by atoms with Gasteiger partial charge in [0.1, 0.15) is 11.5 Å². The lowest BCUT2D eigenvalue weighted by molar-refractivity contribution is -0.123. The third-order valence-corrected chi connectivity index (χ3v) is 5.22. The van der Waals surface area contributed by atoms with Crippen LogP contribution in [0.25, 0.3) is 5.69 Å². The number of para-hydroxylation sites is 3. The molecule has 0 bridgehead atoms. The van der Waals surface area contributed by atoms with Crippen molar-refractivity contribution in [2.24, 2.45) is 5.10 Å². The van der Waals surface area contributed by atoms with Crippen LogP contribution in [0.1, 0.15) is 18.2 Å². The molecule has 0 spiro atoms. The van der Waals surface area contributed by atoms with E-state index in [1.54, 1.807) is 22.9 Å². The number of ether oxygens (including phenoxy) is 4. The summed E-state index contributed by atoms with van der Waals surface area (Å²) in [6, 6.07) is 24.0. The maximum atomic E-state index is 12.3. The molecule has 0 saturated carbocycles. The molecule has 0 unspecified atom stereocenters. The second kappa shape index (κ2) is 12.3. The standard InChI is InChI=1S/C28H28N4O5/c1-4-35-22-14-16-23(17-15-22)37-28-24(20(2)31-32(28)21-10-6-5-7-11-21)18-29-30-27(33)19-36-26-13-9-8-12-25(26)34-3/h5-18H,4,19H2,1-3H3,(H,30,33)/b29-18+. The predicted molar refractivity (Wildman–Crippen MR) is 140 cm³/mol. The van der Waals surface area contributed by atoms with Crippen LogP contribution in [-0.2, 0) is 4.79 Å². The van der Waals surface area contributed by atoms with Crippen molar-refractivity contribution in [2.45, 2.75) is 13.8 Å². The van der Waals surface area contributed by atoms with Crippen molar-refractivity contribution in [1.29, 1.82) is 0 Å². The monoisotopic (exact) mass is 500 g/mol. The average Bonchev–Trinajstić information content (AvgIpc) is 3.24. The maximum Gasteiger partial charge on any atom is 0.277 e. The molecule has 1 aromatic heterocycles. The Balaban J connectivity index is 1.52. The van der Waals surface area contributed by atoms with Crippen LogP contribution in [0.4, 0.5) is 0 Å². The molecule has 1 heterocycles. The number of aromatic nitrogens is 2. The highest BCUT2D eigenvalue weighted by Gasteiger charge is 2.18. The summed E-state index contributed by atoms with van der Waals surface area (Å²) < 4.78 is 24.2. The van der Waals surface area contributed by atoms with Crippen LogP contribution in [0, 0.1) is 6.92 Å². The zero-order valence-electron chi connectivity index (χ0n) is 20.9. The third-order valence-electron chi connectivity index (χ3n) is 5.22. The number of hydrogen-bond donors (Lipinski definition) is 1. The van der Waals surface area contributed by atoms with Crippen LogP contribution in [-0.4, -0.2) is 42.2 Å². The number of methoxy groups -OCH3 is 1. The molecule has 0 fully saturated rings. The van der Waals surface area contributed by atoms with Gasteiger partial charge in [-0.3, -0.25) is 4.79 Å². The second-order valence-electron chi connectivity index (χ2n) is 7.79. The Kier molecular flexibility index (Phi) is 8.38. The first-order valence-electron chi connectivity index (χ1n) is 11.7. The largest absolute Gasteiger partial charge is 0.494 e. The van der Waals surface area contributed by atoms with E-state index >= 15 is 0 Å². The van der Waals surface area contributed by atoms with Crippen molar-refractivity contribution in [3.63, 3.8) is 0 Å². The second-order valence-corrected chi connectivity index (χ2v) is 7.79. The van der Waals surface area contributed by atoms with Gasteiger partial charge in [0.15, 0.2) is 18.1 Å². The van der Waals surface area contributed by atoms with Crippen molar-refractivity contribution in [1.82, 2.24) is 15.2 Å². The molecule has 3 aromatic carbocycles. The summed E-state index contributed by atoms with van der Waals surface area (Å²) in [5.74, 6) is 2.39. The number of rotatable bonds is 11. The number of hydrogen-bond acceptors (Lipinski definition) is 7. The Hall–Kier alpha value is -4.79. The van der Waals surface area contributed by atoms with Gasteiger partial charge in [-0.25, -0.2) is 5.43 Å². The summed E-state index contributed by atoms with van der Waals surface area (Å²) in [6.07, 6.45) is 1.51. The fourth-order valence-electron chi connectivity index (χ4n) is 3.47. The molecule has 0 aliphatic carbocycles. The molecule has 37 heavy (non-hydrogen) atoms. The van der Waals surface area contributed by atoms with E-state index in [0.29, 0.717) is 41.0 Å². The number of carbonyl (C=O) groups is 1. The number of nitrogens with one attached hydrogen (secondary N) is 1. The minimum atomic E-state index is -0.427. The van der Waals surface area contributed by atoms with Crippen LogP contribution in [0.5, 0.6) is 28.9 Å². The van der Waals surface area contributed by atoms with Gasteiger partial charge in [0.2, 0.25) is 5.88 Å². The Morgan fingerprint density at radius 2 is 1.62 bits per heavy atom. The highest BCUT2D eigenvalue weighted by Crippen LogP contribution is 2.30. The van der Waals surface area contributed by atoms with Gasteiger partial charge in [-0.2, -0.15) is 14.9 Å². The smallest absolute Gasteiger partial charge is 0.277 e. The van der Waals surface area contributed by atoms with E-state index in [0.717, 1.165) is 11.4 Å². The number of benzene rings is 3. The third kappa shape index (κ3) is 6.46. The SMILES string of the molecule is CCOc1ccc(Oc2c(/C=N/NC(=O)COc3ccccc3OC)c(C)nn2-c2ccccc2)cc1. The molecule has 9 nitrogen and oxygen atoms in total. The molecule has 1 amide bonds. The topological polar surface area (TPSA) is 96.2 Å². The van der Waals surface area contributed by atoms with Gasteiger partial charge in [-0.05, 0) is 62.4 Å². The maximum absolute atomic E-state index is 12.3. The Bertz CT molecular complexity index is 1350. The Labute approximate surface area is 215 Å². The lowest BCUT2D eigenvalue weighted by atomic mass is 10.2. The van der Waals surface area contributed by atoms with Crippen LogP contribution < -0.4 is 24.4 Å². The van der Waals surface area contributed by atoms with E-state index in [1.807, 2.05) is 74.5 Å². The molecule has 190 valence electrons. The average molecular weight is 501 g/mol. The zero-order chi connectivity index (χ0) is 26.0. The van der Waals surface area contributed by atoms with E-state index in [2.05, 4.69) is 15.6 Å². The minimum absolute atomic E-state index is 0.227. The van der Waals surface area contributed by atoms with Crippen molar-refractivity contribution >= 4 is 12.1 Å². The predicted octanol–water partition coefficient (Wildman–Crippen LogP) is 4.91. The molecule has 4 rings (SSSR count). The molecular formula is C28H28N4O5. The van der Waals surface area contributed by atoms with E-state index in [4.69, 9.17) is 18.9 Å². The van der Waals surface area contributed by atoms with Crippen molar-refractivity contribution in [3.05, 3.63) is 90.1 Å². The van der Waals surface area contributed by atoms with Gasteiger partial charge in [0, 0.05) is 0 Å². The number of amides is 1. The van der Waals surface area contributed by atoms with Crippen molar-refractivity contribution < 1.29 is 23.7 Å². The molecule has 0 radical (unpaired) electrons. The van der Waals surface area contributed by atoms with Gasteiger partial charge in [0.25, 0.3) is 5.91 Å². The van der Waals surface area contributed by atoms with Gasteiger partial charge < -0.3 is 18.9 Å². The summed E-state index contributed by atoms with van der Waals surface area (Å²) in [4.78, 5) is 12.3. The zero-order valence-corrected chi connectivity index (χ0v) is 20.9. The molecular weight excluding hydrogens is 472 g/mol. The first-order chi connectivity index (χ1) is 18.1.